The number of hydrogen-bond donors (Lipinski definition) is 1. The lowest BCUT2D eigenvalue weighted by atomic mass is 9.83. The summed E-state index contributed by atoms with van der Waals surface area (Å²) in [5.74, 6) is -0.103. The third kappa shape index (κ3) is 1.80. The molecule has 0 saturated carbocycles. The lowest BCUT2D eigenvalue weighted by Gasteiger charge is -2.29. The standard InChI is InChI=1S/C12H18FN/c1-9(2)12(13,8-14)11-7-5-4-6-10(11)3/h4-7,9H,8,14H2,1-3H3. The summed E-state index contributed by atoms with van der Waals surface area (Å²) in [6.45, 7) is 5.68. The Morgan fingerprint density at radius 1 is 1.36 bits per heavy atom. The highest BCUT2D eigenvalue weighted by atomic mass is 19.1. The Hall–Kier alpha value is -0.890. The van der Waals surface area contributed by atoms with E-state index in [-0.39, 0.29) is 12.5 Å². The van der Waals surface area contributed by atoms with Crippen molar-refractivity contribution in [3.63, 3.8) is 0 Å². The van der Waals surface area contributed by atoms with Gasteiger partial charge in [-0.2, -0.15) is 0 Å². The maximum absolute atomic E-state index is 14.5. The minimum Gasteiger partial charge on any atom is -0.327 e. The quantitative estimate of drug-likeness (QED) is 0.788. The summed E-state index contributed by atoms with van der Waals surface area (Å²) >= 11 is 0. The van der Waals surface area contributed by atoms with Crippen LogP contribution >= 0.6 is 0 Å². The van der Waals surface area contributed by atoms with E-state index in [2.05, 4.69) is 0 Å². The summed E-state index contributed by atoms with van der Waals surface area (Å²) in [6.07, 6.45) is 0. The molecule has 78 valence electrons. The van der Waals surface area contributed by atoms with Gasteiger partial charge in [0.25, 0.3) is 0 Å². The van der Waals surface area contributed by atoms with Crippen LogP contribution in [0, 0.1) is 12.8 Å². The normalized spacial score (nSPS) is 15.6. The van der Waals surface area contributed by atoms with Gasteiger partial charge in [-0.25, -0.2) is 4.39 Å². The first-order chi connectivity index (χ1) is 6.52. The molecule has 0 bridgehead atoms. The van der Waals surface area contributed by atoms with Gasteiger partial charge in [0.05, 0.1) is 0 Å². The molecule has 0 heterocycles. The van der Waals surface area contributed by atoms with Crippen LogP contribution in [0.2, 0.25) is 0 Å². The maximum atomic E-state index is 14.5. The highest BCUT2D eigenvalue weighted by molar-refractivity contribution is 5.32. The minimum atomic E-state index is -1.40. The van der Waals surface area contributed by atoms with E-state index < -0.39 is 5.67 Å². The van der Waals surface area contributed by atoms with Crippen molar-refractivity contribution in [2.24, 2.45) is 11.7 Å². The number of benzene rings is 1. The van der Waals surface area contributed by atoms with Crippen LogP contribution < -0.4 is 5.73 Å². The summed E-state index contributed by atoms with van der Waals surface area (Å²) in [5, 5.41) is 0. The maximum Gasteiger partial charge on any atom is 0.150 e. The first-order valence-electron chi connectivity index (χ1n) is 4.97. The van der Waals surface area contributed by atoms with Crippen LogP contribution in [0.5, 0.6) is 0 Å². The molecule has 14 heavy (non-hydrogen) atoms. The Morgan fingerprint density at radius 3 is 2.36 bits per heavy atom. The van der Waals surface area contributed by atoms with Crippen LogP contribution in [0.4, 0.5) is 4.39 Å². The molecule has 0 aliphatic heterocycles. The van der Waals surface area contributed by atoms with Gasteiger partial charge in [-0.15, -0.1) is 0 Å². The largest absolute Gasteiger partial charge is 0.327 e. The number of rotatable bonds is 3. The zero-order valence-corrected chi connectivity index (χ0v) is 9.05. The summed E-state index contributed by atoms with van der Waals surface area (Å²) < 4.78 is 14.5. The average Bonchev–Trinajstić information content (AvgIpc) is 2.17. The number of nitrogens with two attached hydrogens (primary N) is 1. The Balaban J connectivity index is 3.19. The fraction of sp³-hybridized carbons (Fsp3) is 0.500. The van der Waals surface area contributed by atoms with E-state index in [0.717, 1.165) is 11.1 Å². The fourth-order valence-corrected chi connectivity index (χ4v) is 1.70. The van der Waals surface area contributed by atoms with Gasteiger partial charge in [0.2, 0.25) is 0 Å². The summed E-state index contributed by atoms with van der Waals surface area (Å²) in [5.41, 5.74) is 5.82. The third-order valence-corrected chi connectivity index (χ3v) is 2.81. The predicted octanol–water partition coefficient (Wildman–Crippen LogP) is 2.77. The lowest BCUT2D eigenvalue weighted by Crippen LogP contribution is -2.36. The molecule has 1 unspecified atom stereocenters. The van der Waals surface area contributed by atoms with Crippen molar-refractivity contribution in [3.05, 3.63) is 35.4 Å². The predicted molar refractivity (Wildman–Crippen MR) is 57.9 cm³/mol. The van der Waals surface area contributed by atoms with Crippen LogP contribution in [-0.2, 0) is 5.67 Å². The molecule has 1 rings (SSSR count). The summed E-state index contributed by atoms with van der Waals surface area (Å²) in [6, 6.07) is 7.51. The monoisotopic (exact) mass is 195 g/mol. The summed E-state index contributed by atoms with van der Waals surface area (Å²) in [4.78, 5) is 0. The van der Waals surface area contributed by atoms with E-state index in [1.54, 1.807) is 0 Å². The van der Waals surface area contributed by atoms with E-state index in [9.17, 15) is 4.39 Å². The van der Waals surface area contributed by atoms with Crippen molar-refractivity contribution in [1.82, 2.24) is 0 Å². The molecule has 0 fully saturated rings. The third-order valence-electron chi connectivity index (χ3n) is 2.81. The molecule has 0 aromatic heterocycles. The van der Waals surface area contributed by atoms with Crippen molar-refractivity contribution in [2.45, 2.75) is 26.4 Å². The second-order valence-corrected chi connectivity index (χ2v) is 4.04. The second kappa shape index (κ2) is 4.09. The highest BCUT2D eigenvalue weighted by Crippen LogP contribution is 2.34. The molecule has 1 atom stereocenters. The van der Waals surface area contributed by atoms with Gasteiger partial charge in [0.1, 0.15) is 0 Å². The average molecular weight is 195 g/mol. The van der Waals surface area contributed by atoms with Crippen LogP contribution in [0.1, 0.15) is 25.0 Å². The van der Waals surface area contributed by atoms with Gasteiger partial charge in [-0.05, 0) is 24.0 Å². The van der Waals surface area contributed by atoms with Gasteiger partial charge < -0.3 is 5.73 Å². The zero-order valence-electron chi connectivity index (χ0n) is 9.05. The van der Waals surface area contributed by atoms with Gasteiger partial charge in [-0.1, -0.05) is 38.1 Å². The molecular weight excluding hydrogens is 177 g/mol. The molecule has 2 heteroatoms. The Kier molecular flexibility index (Phi) is 3.27. The SMILES string of the molecule is Cc1ccccc1C(F)(CN)C(C)C. The number of alkyl halides is 1. The summed E-state index contributed by atoms with van der Waals surface area (Å²) in [7, 11) is 0. The molecule has 0 amide bonds. The van der Waals surface area contributed by atoms with Gasteiger partial charge >= 0.3 is 0 Å². The van der Waals surface area contributed by atoms with E-state index >= 15 is 0 Å². The van der Waals surface area contributed by atoms with E-state index in [1.165, 1.54) is 0 Å². The van der Waals surface area contributed by atoms with Gasteiger partial charge in [0.15, 0.2) is 5.67 Å². The van der Waals surface area contributed by atoms with E-state index in [4.69, 9.17) is 5.73 Å². The number of halogens is 1. The molecule has 1 nitrogen and oxygen atoms in total. The molecule has 1 aromatic rings. The number of hydrogen-bond acceptors (Lipinski definition) is 1. The van der Waals surface area contributed by atoms with Crippen LogP contribution in [0.3, 0.4) is 0 Å². The van der Waals surface area contributed by atoms with Crippen LogP contribution in [0.15, 0.2) is 24.3 Å². The first kappa shape index (κ1) is 11.2. The molecule has 0 saturated heterocycles. The zero-order chi connectivity index (χ0) is 10.8. The highest BCUT2D eigenvalue weighted by Gasteiger charge is 2.35. The van der Waals surface area contributed by atoms with Crippen LogP contribution in [0.25, 0.3) is 0 Å². The Morgan fingerprint density at radius 2 is 1.93 bits per heavy atom. The fourth-order valence-electron chi connectivity index (χ4n) is 1.70. The molecular formula is C12H18FN. The van der Waals surface area contributed by atoms with E-state index in [0.29, 0.717) is 0 Å². The van der Waals surface area contributed by atoms with Gasteiger partial charge in [-0.3, -0.25) is 0 Å². The van der Waals surface area contributed by atoms with Crippen molar-refractivity contribution in [1.29, 1.82) is 0 Å². The van der Waals surface area contributed by atoms with Crippen molar-refractivity contribution in [3.8, 4) is 0 Å². The molecule has 0 aliphatic carbocycles. The number of aryl methyl sites for hydroxylation is 1. The molecule has 0 radical (unpaired) electrons. The Labute approximate surface area is 85.1 Å². The molecule has 0 aliphatic rings. The van der Waals surface area contributed by atoms with Crippen molar-refractivity contribution >= 4 is 0 Å². The van der Waals surface area contributed by atoms with Crippen molar-refractivity contribution in [2.75, 3.05) is 6.54 Å². The van der Waals surface area contributed by atoms with E-state index in [1.807, 2.05) is 45.0 Å². The second-order valence-electron chi connectivity index (χ2n) is 4.04. The molecule has 0 spiro atoms. The smallest absolute Gasteiger partial charge is 0.150 e. The first-order valence-corrected chi connectivity index (χ1v) is 4.97. The minimum absolute atomic E-state index is 0.0372. The van der Waals surface area contributed by atoms with Gasteiger partial charge in [0, 0.05) is 6.54 Å². The topological polar surface area (TPSA) is 26.0 Å². The lowest BCUT2D eigenvalue weighted by molar-refractivity contribution is 0.108. The molecule has 2 N–H and O–H groups in total. The van der Waals surface area contributed by atoms with Crippen molar-refractivity contribution < 1.29 is 4.39 Å². The Bertz CT molecular complexity index is 309. The molecule has 1 aromatic carbocycles. The van der Waals surface area contributed by atoms with Crippen LogP contribution in [-0.4, -0.2) is 6.54 Å².